The van der Waals surface area contributed by atoms with E-state index in [0.29, 0.717) is 24.3 Å². The summed E-state index contributed by atoms with van der Waals surface area (Å²) in [4.78, 5) is 16.9. The summed E-state index contributed by atoms with van der Waals surface area (Å²) in [7, 11) is 0. The van der Waals surface area contributed by atoms with Gasteiger partial charge in [0.2, 0.25) is 5.91 Å². The number of likely N-dealkylation sites (N-methyl/N-ethyl adjacent to an activating group) is 1. The smallest absolute Gasteiger partial charge is 0.222 e. The molecule has 2 N–H and O–H groups in total. The fourth-order valence-electron chi connectivity index (χ4n) is 3.68. The van der Waals surface area contributed by atoms with Gasteiger partial charge in [0, 0.05) is 31.6 Å². The van der Waals surface area contributed by atoms with Gasteiger partial charge in [0.05, 0.1) is 0 Å². The van der Waals surface area contributed by atoms with E-state index < -0.39 is 0 Å². The Morgan fingerprint density at radius 1 is 1.19 bits per heavy atom. The van der Waals surface area contributed by atoms with Crippen LogP contribution in [-0.4, -0.2) is 54.0 Å². The number of nitrogens with zero attached hydrogens (tertiary/aromatic N) is 2. The highest BCUT2D eigenvalue weighted by molar-refractivity contribution is 5.85. The van der Waals surface area contributed by atoms with Crippen LogP contribution in [0.4, 0.5) is 0 Å². The van der Waals surface area contributed by atoms with Gasteiger partial charge in [-0.25, -0.2) is 0 Å². The zero-order valence-corrected chi connectivity index (χ0v) is 14.9. The number of likely N-dealkylation sites (tertiary alicyclic amines) is 1. The van der Waals surface area contributed by atoms with Crippen LogP contribution >= 0.6 is 24.8 Å². The minimum absolute atomic E-state index is 0. The Bertz CT molecular complexity index is 313. The van der Waals surface area contributed by atoms with E-state index in [0.717, 1.165) is 45.4 Å². The molecule has 1 unspecified atom stereocenters. The monoisotopic (exact) mass is 339 g/mol. The summed E-state index contributed by atoms with van der Waals surface area (Å²) >= 11 is 0. The lowest BCUT2D eigenvalue weighted by molar-refractivity contribution is -0.131. The quantitative estimate of drug-likeness (QED) is 0.835. The number of halogens is 2. The van der Waals surface area contributed by atoms with Crippen molar-refractivity contribution in [3.05, 3.63) is 0 Å². The Hall–Kier alpha value is -0.0300. The number of nitrogens with two attached hydrogens (primary N) is 1. The highest BCUT2D eigenvalue weighted by Gasteiger charge is 2.32. The Morgan fingerprint density at radius 3 is 2.38 bits per heavy atom. The lowest BCUT2D eigenvalue weighted by Crippen LogP contribution is -2.39. The Balaban J connectivity index is 0.00000200. The maximum atomic E-state index is 12.3. The van der Waals surface area contributed by atoms with Crippen molar-refractivity contribution < 1.29 is 4.79 Å². The number of hydrogen-bond acceptors (Lipinski definition) is 3. The highest BCUT2D eigenvalue weighted by atomic mass is 35.5. The Morgan fingerprint density at radius 2 is 1.86 bits per heavy atom. The topological polar surface area (TPSA) is 49.6 Å². The summed E-state index contributed by atoms with van der Waals surface area (Å²) in [6.45, 7) is 8.41. The van der Waals surface area contributed by atoms with Crippen molar-refractivity contribution >= 4 is 30.7 Å². The van der Waals surface area contributed by atoms with Crippen LogP contribution in [0.15, 0.2) is 0 Å². The third kappa shape index (κ3) is 5.27. The summed E-state index contributed by atoms with van der Waals surface area (Å²) in [5.41, 5.74) is 6.07. The summed E-state index contributed by atoms with van der Waals surface area (Å²) in [6.07, 6.45) is 5.23. The first-order valence-electron chi connectivity index (χ1n) is 7.93. The van der Waals surface area contributed by atoms with Crippen LogP contribution in [0.25, 0.3) is 0 Å². The molecule has 1 heterocycles. The molecule has 21 heavy (non-hydrogen) atoms. The first-order valence-corrected chi connectivity index (χ1v) is 7.93. The molecule has 0 bridgehead atoms. The van der Waals surface area contributed by atoms with Gasteiger partial charge in [-0.1, -0.05) is 20.3 Å². The van der Waals surface area contributed by atoms with Gasteiger partial charge in [0.1, 0.15) is 0 Å². The van der Waals surface area contributed by atoms with Crippen molar-refractivity contribution in [2.24, 2.45) is 11.7 Å². The third-order valence-electron chi connectivity index (χ3n) is 5.00. The van der Waals surface area contributed by atoms with Crippen LogP contribution in [0, 0.1) is 5.92 Å². The lowest BCUT2D eigenvalue weighted by atomic mass is 9.99. The van der Waals surface area contributed by atoms with E-state index in [1.165, 1.54) is 6.42 Å². The van der Waals surface area contributed by atoms with Gasteiger partial charge < -0.3 is 10.6 Å². The molecule has 2 rings (SSSR count). The average Bonchev–Trinajstić information content (AvgIpc) is 3.02. The molecular weight excluding hydrogens is 309 g/mol. The molecule has 0 aromatic carbocycles. The average molecular weight is 340 g/mol. The summed E-state index contributed by atoms with van der Waals surface area (Å²) in [5, 5.41) is 0. The molecule has 0 aromatic heterocycles. The SMILES string of the molecule is CCN(CC)C1CCN(C(=O)C[C@@H]2CCC[C@H]2N)C1.Cl.Cl. The summed E-state index contributed by atoms with van der Waals surface area (Å²) < 4.78 is 0. The van der Waals surface area contributed by atoms with Crippen molar-refractivity contribution in [3.8, 4) is 0 Å². The fourth-order valence-corrected chi connectivity index (χ4v) is 3.68. The molecular formula is C15H31Cl2N3O. The van der Waals surface area contributed by atoms with E-state index in [1.54, 1.807) is 0 Å². The predicted molar refractivity (Wildman–Crippen MR) is 92.3 cm³/mol. The molecule has 1 aliphatic heterocycles. The molecule has 1 saturated heterocycles. The number of amides is 1. The van der Waals surface area contributed by atoms with E-state index in [2.05, 4.69) is 23.6 Å². The van der Waals surface area contributed by atoms with Crippen molar-refractivity contribution in [1.29, 1.82) is 0 Å². The van der Waals surface area contributed by atoms with Crippen molar-refractivity contribution in [1.82, 2.24) is 9.80 Å². The zero-order valence-electron chi connectivity index (χ0n) is 13.3. The molecule has 2 fully saturated rings. The van der Waals surface area contributed by atoms with Gasteiger partial charge >= 0.3 is 0 Å². The number of hydrogen-bond donors (Lipinski definition) is 1. The molecule has 6 heteroatoms. The largest absolute Gasteiger partial charge is 0.341 e. The minimum Gasteiger partial charge on any atom is -0.341 e. The van der Waals surface area contributed by atoms with Gasteiger partial charge in [-0.15, -0.1) is 24.8 Å². The van der Waals surface area contributed by atoms with Gasteiger partial charge in [0.25, 0.3) is 0 Å². The van der Waals surface area contributed by atoms with Gasteiger partial charge in [-0.2, -0.15) is 0 Å². The second kappa shape index (κ2) is 9.88. The standard InChI is InChI=1S/C15H29N3O.2ClH/c1-3-17(4-2)13-8-9-18(11-13)15(19)10-12-6-5-7-14(12)16;;/h12-14H,3-11,16H2,1-2H3;2*1H/t12-,13?,14+;;/m0../s1. The molecule has 3 atom stereocenters. The van der Waals surface area contributed by atoms with Gasteiger partial charge in [-0.3, -0.25) is 9.69 Å². The lowest BCUT2D eigenvalue weighted by Gasteiger charge is -2.26. The first kappa shape index (κ1) is 21.0. The Labute approximate surface area is 141 Å². The fraction of sp³-hybridized carbons (Fsp3) is 0.933. The molecule has 126 valence electrons. The molecule has 4 nitrogen and oxygen atoms in total. The number of carbonyl (C=O) groups is 1. The minimum atomic E-state index is 0. The maximum Gasteiger partial charge on any atom is 0.222 e. The zero-order chi connectivity index (χ0) is 13.8. The van der Waals surface area contributed by atoms with E-state index in [4.69, 9.17) is 5.73 Å². The third-order valence-corrected chi connectivity index (χ3v) is 5.00. The van der Waals surface area contributed by atoms with Crippen molar-refractivity contribution in [2.45, 2.75) is 58.0 Å². The molecule has 2 aliphatic rings. The van der Waals surface area contributed by atoms with Crippen LogP contribution in [0.2, 0.25) is 0 Å². The second-order valence-electron chi connectivity index (χ2n) is 6.06. The van der Waals surface area contributed by atoms with Crippen LogP contribution in [-0.2, 0) is 4.79 Å². The predicted octanol–water partition coefficient (Wildman–Crippen LogP) is 2.29. The van der Waals surface area contributed by atoms with Crippen LogP contribution in [0.5, 0.6) is 0 Å². The molecule has 1 amide bonds. The van der Waals surface area contributed by atoms with Crippen LogP contribution < -0.4 is 5.73 Å². The van der Waals surface area contributed by atoms with Crippen molar-refractivity contribution in [3.63, 3.8) is 0 Å². The molecule has 0 aromatic rings. The summed E-state index contributed by atoms with van der Waals surface area (Å²) in [6, 6.07) is 0.821. The number of rotatable bonds is 5. The number of carbonyl (C=O) groups excluding carboxylic acids is 1. The maximum absolute atomic E-state index is 12.3. The molecule has 0 radical (unpaired) electrons. The summed E-state index contributed by atoms with van der Waals surface area (Å²) in [5.74, 6) is 0.761. The van der Waals surface area contributed by atoms with E-state index in [1.807, 2.05) is 0 Å². The van der Waals surface area contributed by atoms with E-state index in [-0.39, 0.29) is 30.9 Å². The van der Waals surface area contributed by atoms with Crippen LogP contribution in [0.1, 0.15) is 46.0 Å². The van der Waals surface area contributed by atoms with Crippen LogP contribution in [0.3, 0.4) is 0 Å². The highest BCUT2D eigenvalue weighted by Crippen LogP contribution is 2.28. The normalized spacial score (nSPS) is 28.4. The second-order valence-corrected chi connectivity index (χ2v) is 6.06. The Kier molecular flexibility index (Phi) is 9.87. The van der Waals surface area contributed by atoms with E-state index >= 15 is 0 Å². The first-order chi connectivity index (χ1) is 9.15. The molecule has 1 saturated carbocycles. The van der Waals surface area contributed by atoms with E-state index in [9.17, 15) is 4.79 Å². The van der Waals surface area contributed by atoms with Crippen molar-refractivity contribution in [2.75, 3.05) is 26.2 Å². The van der Waals surface area contributed by atoms with Gasteiger partial charge in [0.15, 0.2) is 0 Å². The molecule has 1 aliphatic carbocycles. The molecule has 0 spiro atoms. The van der Waals surface area contributed by atoms with Gasteiger partial charge in [-0.05, 0) is 38.3 Å².